The molecule has 6 rings (SSSR count). The summed E-state index contributed by atoms with van der Waals surface area (Å²) in [6, 6.07) is 8.27. The summed E-state index contributed by atoms with van der Waals surface area (Å²) in [5, 5.41) is 18.5. The number of piperazine rings is 1. The third-order valence-electron chi connectivity index (χ3n) is 8.01. The molecular formula is C27H35ClN8O4S. The van der Waals surface area contributed by atoms with Crippen molar-refractivity contribution < 1.29 is 18.3 Å². The molecule has 1 amide bonds. The maximum Gasteiger partial charge on any atom is 0.256 e. The summed E-state index contributed by atoms with van der Waals surface area (Å²) in [6.45, 7) is 4.63. The van der Waals surface area contributed by atoms with E-state index in [2.05, 4.69) is 25.9 Å². The molecule has 0 radical (unpaired) electrons. The molecule has 2 aromatic heterocycles. The molecule has 12 nitrogen and oxygen atoms in total. The quantitative estimate of drug-likeness (QED) is 0.371. The number of carbonyl (C=O) groups is 1. The zero-order valence-electron chi connectivity index (χ0n) is 23.0. The average Bonchev–Trinajstić information content (AvgIpc) is 3.36. The van der Waals surface area contributed by atoms with Gasteiger partial charge in [-0.25, -0.2) is 13.4 Å². The number of benzene rings is 1. The number of fused-ring (bicyclic) bond motifs is 1. The molecule has 3 aliphatic rings. The Balaban J connectivity index is 1.38. The molecule has 0 aliphatic carbocycles. The number of aromatic nitrogens is 3. The van der Waals surface area contributed by atoms with Gasteiger partial charge in [-0.2, -0.15) is 9.61 Å². The van der Waals surface area contributed by atoms with Crippen LogP contribution in [-0.2, 0) is 10.0 Å². The minimum atomic E-state index is -3.61. The van der Waals surface area contributed by atoms with Gasteiger partial charge in [-0.15, -0.1) is 0 Å². The van der Waals surface area contributed by atoms with Gasteiger partial charge in [0.1, 0.15) is 11.6 Å². The highest BCUT2D eigenvalue weighted by molar-refractivity contribution is 7.92. The van der Waals surface area contributed by atoms with Crippen LogP contribution in [0.5, 0.6) is 0 Å². The van der Waals surface area contributed by atoms with Gasteiger partial charge in [0.25, 0.3) is 5.91 Å². The molecule has 3 saturated heterocycles. The lowest BCUT2D eigenvalue weighted by Gasteiger charge is -2.36. The topological polar surface area (TPSA) is 135 Å². The fourth-order valence-corrected chi connectivity index (χ4v) is 6.58. The zero-order valence-corrected chi connectivity index (χ0v) is 24.5. The highest BCUT2D eigenvalue weighted by Gasteiger charge is 2.33. The van der Waals surface area contributed by atoms with Crippen LogP contribution in [0.25, 0.3) is 5.65 Å². The molecule has 0 spiro atoms. The normalized spacial score (nSPS) is 21.7. The summed E-state index contributed by atoms with van der Waals surface area (Å²) in [6.07, 6.45) is 4.67. The first kappa shape index (κ1) is 28.0. The number of piperidine rings is 1. The third kappa shape index (κ3) is 5.81. The Hall–Kier alpha value is -3.13. The van der Waals surface area contributed by atoms with Crippen molar-refractivity contribution in [3.8, 4) is 0 Å². The second-order valence-electron chi connectivity index (χ2n) is 11.0. The molecule has 2 atom stereocenters. The number of sulfonamides is 1. The Bertz CT molecular complexity index is 1560. The fraction of sp³-hybridized carbons (Fsp3) is 0.519. The van der Waals surface area contributed by atoms with E-state index in [1.807, 2.05) is 10.6 Å². The maximum absolute atomic E-state index is 14.0. The predicted octanol–water partition coefficient (Wildman–Crippen LogP) is 2.10. The monoisotopic (exact) mass is 602 g/mol. The van der Waals surface area contributed by atoms with E-state index in [4.69, 9.17) is 21.7 Å². The molecule has 3 N–H and O–H groups in total. The Labute approximate surface area is 244 Å². The SMILES string of the molecule is CS(=O)(=O)Nc1ccc(Cl)cc1C(=O)N1CCCCC1c1cc2nc(N3CCC3)cc(N3CCNC(CO)C3)n2n1. The minimum Gasteiger partial charge on any atom is -0.395 e. The molecule has 220 valence electrons. The summed E-state index contributed by atoms with van der Waals surface area (Å²) in [5.41, 5.74) is 1.84. The zero-order chi connectivity index (χ0) is 28.7. The third-order valence-corrected chi connectivity index (χ3v) is 8.83. The molecule has 3 fully saturated rings. The summed E-state index contributed by atoms with van der Waals surface area (Å²) in [7, 11) is -3.61. The van der Waals surface area contributed by atoms with Crippen LogP contribution in [-0.4, -0.2) is 97.1 Å². The Morgan fingerprint density at radius 3 is 2.68 bits per heavy atom. The number of aliphatic hydroxyl groups excluding tert-OH is 1. The van der Waals surface area contributed by atoms with E-state index in [0.29, 0.717) is 23.8 Å². The summed E-state index contributed by atoms with van der Waals surface area (Å²) in [5.74, 6) is 1.50. The van der Waals surface area contributed by atoms with Crippen molar-refractivity contribution in [2.45, 2.75) is 37.8 Å². The Morgan fingerprint density at radius 2 is 1.95 bits per heavy atom. The number of rotatable bonds is 7. The summed E-state index contributed by atoms with van der Waals surface area (Å²) in [4.78, 5) is 25.1. The van der Waals surface area contributed by atoms with Crippen molar-refractivity contribution in [3.05, 3.63) is 46.6 Å². The molecule has 0 saturated carbocycles. The van der Waals surface area contributed by atoms with Crippen molar-refractivity contribution in [1.29, 1.82) is 0 Å². The number of aliphatic hydroxyl groups is 1. The Kier molecular flexibility index (Phi) is 7.70. The van der Waals surface area contributed by atoms with E-state index in [1.54, 1.807) is 11.0 Å². The van der Waals surface area contributed by atoms with Gasteiger partial charge in [-0.3, -0.25) is 9.52 Å². The van der Waals surface area contributed by atoms with Gasteiger partial charge >= 0.3 is 0 Å². The van der Waals surface area contributed by atoms with Crippen LogP contribution in [0.4, 0.5) is 17.3 Å². The van der Waals surface area contributed by atoms with Crippen LogP contribution < -0.4 is 19.8 Å². The van der Waals surface area contributed by atoms with Gasteiger partial charge < -0.3 is 25.1 Å². The number of anilines is 3. The van der Waals surface area contributed by atoms with Gasteiger partial charge in [0.2, 0.25) is 10.0 Å². The highest BCUT2D eigenvalue weighted by Crippen LogP contribution is 2.35. The van der Waals surface area contributed by atoms with Crippen molar-refractivity contribution in [2.75, 3.05) is 66.7 Å². The van der Waals surface area contributed by atoms with Crippen molar-refractivity contribution >= 4 is 50.5 Å². The lowest BCUT2D eigenvalue weighted by atomic mass is 9.98. The van der Waals surface area contributed by atoms with Crippen LogP contribution in [0, 0.1) is 0 Å². The largest absolute Gasteiger partial charge is 0.395 e. The van der Waals surface area contributed by atoms with E-state index in [-0.39, 0.29) is 35.8 Å². The van der Waals surface area contributed by atoms with E-state index >= 15 is 0 Å². The predicted molar refractivity (Wildman–Crippen MR) is 158 cm³/mol. The molecule has 5 heterocycles. The van der Waals surface area contributed by atoms with Crippen LogP contribution >= 0.6 is 11.6 Å². The smallest absolute Gasteiger partial charge is 0.256 e. The average molecular weight is 603 g/mol. The maximum atomic E-state index is 14.0. The number of hydrogen-bond acceptors (Lipinski definition) is 9. The minimum absolute atomic E-state index is 0.0339. The fourth-order valence-electron chi connectivity index (χ4n) is 5.83. The van der Waals surface area contributed by atoms with E-state index in [0.717, 1.165) is 75.4 Å². The number of nitrogens with zero attached hydrogens (tertiary/aromatic N) is 6. The van der Waals surface area contributed by atoms with E-state index in [1.165, 1.54) is 12.1 Å². The van der Waals surface area contributed by atoms with Crippen molar-refractivity contribution in [2.24, 2.45) is 0 Å². The molecule has 14 heteroatoms. The number of hydrogen-bond donors (Lipinski definition) is 3. The van der Waals surface area contributed by atoms with Gasteiger partial charge in [0, 0.05) is 62.5 Å². The van der Waals surface area contributed by atoms with Crippen LogP contribution in [0.3, 0.4) is 0 Å². The number of amides is 1. The van der Waals surface area contributed by atoms with Crippen molar-refractivity contribution in [3.63, 3.8) is 0 Å². The Morgan fingerprint density at radius 1 is 1.12 bits per heavy atom. The van der Waals surface area contributed by atoms with Gasteiger partial charge in [-0.1, -0.05) is 11.6 Å². The number of carbonyl (C=O) groups excluding carboxylic acids is 1. The highest BCUT2D eigenvalue weighted by atomic mass is 35.5. The van der Waals surface area contributed by atoms with E-state index in [9.17, 15) is 18.3 Å². The molecule has 1 aromatic carbocycles. The summed E-state index contributed by atoms with van der Waals surface area (Å²) >= 11 is 6.25. The molecule has 3 aromatic rings. The number of nitrogens with one attached hydrogen (secondary N) is 2. The van der Waals surface area contributed by atoms with Crippen LogP contribution in [0.15, 0.2) is 30.3 Å². The first-order valence-corrected chi connectivity index (χ1v) is 16.3. The van der Waals surface area contributed by atoms with Gasteiger partial charge in [-0.05, 0) is 43.9 Å². The van der Waals surface area contributed by atoms with Crippen molar-refractivity contribution in [1.82, 2.24) is 24.8 Å². The second-order valence-corrected chi connectivity index (χ2v) is 13.2. The first-order chi connectivity index (χ1) is 19.7. The van der Waals surface area contributed by atoms with E-state index < -0.39 is 10.0 Å². The van der Waals surface area contributed by atoms with Gasteiger partial charge in [0.05, 0.1) is 35.8 Å². The molecule has 2 unspecified atom stereocenters. The van der Waals surface area contributed by atoms with Crippen LogP contribution in [0.1, 0.15) is 47.8 Å². The lowest BCUT2D eigenvalue weighted by Crippen LogP contribution is -2.53. The summed E-state index contributed by atoms with van der Waals surface area (Å²) < 4.78 is 28.3. The molecule has 41 heavy (non-hydrogen) atoms. The molecule has 0 bridgehead atoms. The second kappa shape index (κ2) is 11.3. The van der Waals surface area contributed by atoms with Gasteiger partial charge in [0.15, 0.2) is 5.65 Å². The number of halogens is 1. The lowest BCUT2D eigenvalue weighted by molar-refractivity contribution is 0.0607. The standard InChI is InChI=1S/C27H35ClN8O4S/c1-41(39,40)32-21-7-6-18(28)13-20(21)27(38)35-11-3-2-5-23(35)22-14-25-30-24(33-9-4-10-33)15-26(36(25)31-22)34-12-8-29-19(16-34)17-37/h6-7,13-15,19,23,29,32,37H,2-5,8-12,16-17H2,1H3. The molecular weight excluding hydrogens is 568 g/mol. The molecule has 3 aliphatic heterocycles. The number of likely N-dealkylation sites (tertiary alicyclic amines) is 1. The first-order valence-electron chi connectivity index (χ1n) is 14.0. The van der Waals surface area contributed by atoms with Crippen LogP contribution in [0.2, 0.25) is 5.02 Å².